The molecule has 1 amide bonds. The lowest BCUT2D eigenvalue weighted by Gasteiger charge is -2.53. The molecule has 0 aliphatic carbocycles. The first kappa shape index (κ1) is 18.0. The molecule has 1 spiro atoms. The summed E-state index contributed by atoms with van der Waals surface area (Å²) in [4.78, 5) is 22.9. The second-order valence-corrected chi connectivity index (χ2v) is 7.69. The Hall–Kier alpha value is -2.41. The first-order chi connectivity index (χ1) is 13.0. The fraction of sp³-hybridized carbons (Fsp3) is 0.550. The molecule has 2 aromatic heterocycles. The third-order valence-electron chi connectivity index (χ3n) is 5.51. The van der Waals surface area contributed by atoms with Crippen LogP contribution in [0, 0.1) is 12.8 Å². The summed E-state index contributed by atoms with van der Waals surface area (Å²) in [5.74, 6) is 1.21. The van der Waals surface area contributed by atoms with Gasteiger partial charge >= 0.3 is 0 Å². The largest absolute Gasteiger partial charge is 0.477 e. The van der Waals surface area contributed by atoms with Crippen LogP contribution in [-0.4, -0.2) is 57.2 Å². The maximum Gasteiger partial charge on any atom is 0.270 e. The van der Waals surface area contributed by atoms with Crippen LogP contribution in [0.25, 0.3) is 0 Å². The standard InChI is InChI=1S/C20H26N4O3/c1-15-11-21-12-18(22-15)26-8-5-16-6-9-27-20(10-16)13-24(14-20)19(25)17-4-3-7-23(17)2/h3-4,7,11-12,16H,5-6,8-10,13-14H2,1-2H3/t16-/m1/s1. The number of carbonyl (C=O) groups excluding carboxylic acids is 1. The van der Waals surface area contributed by atoms with E-state index in [4.69, 9.17) is 9.47 Å². The highest BCUT2D eigenvalue weighted by Crippen LogP contribution is 2.38. The van der Waals surface area contributed by atoms with Crippen LogP contribution in [0.5, 0.6) is 5.88 Å². The molecule has 0 saturated carbocycles. The summed E-state index contributed by atoms with van der Waals surface area (Å²) in [6, 6.07) is 3.76. The van der Waals surface area contributed by atoms with Crippen molar-refractivity contribution in [1.82, 2.24) is 19.4 Å². The molecular weight excluding hydrogens is 344 g/mol. The highest BCUT2D eigenvalue weighted by Gasteiger charge is 2.49. The fourth-order valence-corrected chi connectivity index (χ4v) is 4.07. The highest BCUT2D eigenvalue weighted by molar-refractivity contribution is 5.93. The van der Waals surface area contributed by atoms with Crippen molar-refractivity contribution >= 4 is 5.91 Å². The molecule has 0 radical (unpaired) electrons. The number of rotatable bonds is 5. The summed E-state index contributed by atoms with van der Waals surface area (Å²) in [6.45, 7) is 4.64. The first-order valence-corrected chi connectivity index (χ1v) is 9.51. The third-order valence-corrected chi connectivity index (χ3v) is 5.51. The van der Waals surface area contributed by atoms with Crippen LogP contribution in [0.2, 0.25) is 0 Å². The molecule has 27 heavy (non-hydrogen) atoms. The van der Waals surface area contributed by atoms with Crippen LogP contribution in [0.3, 0.4) is 0 Å². The van der Waals surface area contributed by atoms with E-state index in [0.717, 1.165) is 37.3 Å². The van der Waals surface area contributed by atoms with E-state index in [1.54, 1.807) is 12.4 Å². The van der Waals surface area contributed by atoms with E-state index >= 15 is 0 Å². The van der Waals surface area contributed by atoms with Crippen LogP contribution in [0.4, 0.5) is 0 Å². The quantitative estimate of drug-likeness (QED) is 0.807. The van der Waals surface area contributed by atoms with Gasteiger partial charge in [0.1, 0.15) is 11.3 Å². The number of hydrogen-bond donors (Lipinski definition) is 0. The second-order valence-electron chi connectivity index (χ2n) is 7.69. The third kappa shape index (κ3) is 3.83. The molecule has 2 aliphatic rings. The minimum absolute atomic E-state index is 0.0835. The summed E-state index contributed by atoms with van der Waals surface area (Å²) in [5, 5.41) is 0. The van der Waals surface area contributed by atoms with Crippen molar-refractivity contribution in [3.63, 3.8) is 0 Å². The van der Waals surface area contributed by atoms with Gasteiger partial charge in [-0.1, -0.05) is 0 Å². The zero-order valence-corrected chi connectivity index (χ0v) is 15.9. The van der Waals surface area contributed by atoms with Gasteiger partial charge in [0.25, 0.3) is 5.91 Å². The Bertz CT molecular complexity index is 813. The Labute approximate surface area is 159 Å². The zero-order valence-electron chi connectivity index (χ0n) is 15.9. The van der Waals surface area contributed by atoms with Crippen LogP contribution in [0.15, 0.2) is 30.7 Å². The maximum atomic E-state index is 12.6. The Morgan fingerprint density at radius 2 is 2.26 bits per heavy atom. The number of likely N-dealkylation sites (tertiary alicyclic amines) is 1. The van der Waals surface area contributed by atoms with Gasteiger partial charge in [-0.25, -0.2) is 4.98 Å². The molecule has 4 heterocycles. The summed E-state index contributed by atoms with van der Waals surface area (Å²) in [6.07, 6.45) is 8.25. The van der Waals surface area contributed by atoms with Gasteiger partial charge in [0.2, 0.25) is 5.88 Å². The fourth-order valence-electron chi connectivity index (χ4n) is 4.07. The minimum Gasteiger partial charge on any atom is -0.477 e. The Morgan fingerprint density at radius 3 is 3.00 bits per heavy atom. The van der Waals surface area contributed by atoms with Gasteiger partial charge in [-0.3, -0.25) is 9.78 Å². The lowest BCUT2D eigenvalue weighted by atomic mass is 9.79. The highest BCUT2D eigenvalue weighted by atomic mass is 16.5. The molecule has 0 N–H and O–H groups in total. The van der Waals surface area contributed by atoms with Crippen LogP contribution in [0.1, 0.15) is 35.4 Å². The Kier molecular flexibility index (Phi) is 4.86. The number of hydrogen-bond acceptors (Lipinski definition) is 5. The van der Waals surface area contributed by atoms with Crippen molar-refractivity contribution in [1.29, 1.82) is 0 Å². The number of ether oxygens (including phenoxy) is 2. The van der Waals surface area contributed by atoms with E-state index in [0.29, 0.717) is 31.5 Å². The molecule has 7 heteroatoms. The Morgan fingerprint density at radius 1 is 1.41 bits per heavy atom. The van der Waals surface area contributed by atoms with Crippen molar-refractivity contribution in [3.8, 4) is 5.88 Å². The molecule has 1 atom stereocenters. The van der Waals surface area contributed by atoms with E-state index in [-0.39, 0.29) is 11.5 Å². The number of aromatic nitrogens is 3. The average molecular weight is 370 g/mol. The molecule has 7 nitrogen and oxygen atoms in total. The van der Waals surface area contributed by atoms with Gasteiger partial charge in [0.15, 0.2) is 0 Å². The van der Waals surface area contributed by atoms with Crippen molar-refractivity contribution in [2.45, 2.75) is 31.8 Å². The summed E-state index contributed by atoms with van der Waals surface area (Å²) >= 11 is 0. The maximum absolute atomic E-state index is 12.6. The molecule has 0 bridgehead atoms. The average Bonchev–Trinajstić information content (AvgIpc) is 3.05. The summed E-state index contributed by atoms with van der Waals surface area (Å²) < 4.78 is 13.7. The monoisotopic (exact) mass is 370 g/mol. The van der Waals surface area contributed by atoms with E-state index < -0.39 is 0 Å². The summed E-state index contributed by atoms with van der Waals surface area (Å²) in [5.41, 5.74) is 1.41. The van der Waals surface area contributed by atoms with Crippen LogP contribution in [-0.2, 0) is 11.8 Å². The molecule has 2 saturated heterocycles. The lowest BCUT2D eigenvalue weighted by molar-refractivity contribution is -0.167. The van der Waals surface area contributed by atoms with E-state index in [1.165, 1.54) is 0 Å². The SMILES string of the molecule is Cc1cncc(OCC[C@@H]2CCOC3(C2)CN(C(=O)c2cccn2C)C3)n1. The van der Waals surface area contributed by atoms with Gasteiger partial charge in [0, 0.05) is 26.0 Å². The second kappa shape index (κ2) is 7.31. The zero-order chi connectivity index (χ0) is 18.9. The normalized spacial score (nSPS) is 21.1. The number of carbonyl (C=O) groups is 1. The van der Waals surface area contributed by atoms with Gasteiger partial charge in [-0.05, 0) is 44.2 Å². The van der Waals surface area contributed by atoms with Crippen molar-refractivity contribution in [2.75, 3.05) is 26.3 Å². The number of amides is 1. The Balaban J connectivity index is 1.26. The topological polar surface area (TPSA) is 69.5 Å². The molecule has 2 fully saturated rings. The van der Waals surface area contributed by atoms with Gasteiger partial charge in [-0.2, -0.15) is 0 Å². The molecule has 0 unspecified atom stereocenters. The first-order valence-electron chi connectivity index (χ1n) is 9.51. The summed E-state index contributed by atoms with van der Waals surface area (Å²) in [7, 11) is 1.90. The predicted octanol–water partition coefficient (Wildman–Crippen LogP) is 2.21. The molecule has 2 aromatic rings. The van der Waals surface area contributed by atoms with Gasteiger partial charge in [-0.15, -0.1) is 0 Å². The molecule has 0 aromatic carbocycles. The lowest BCUT2D eigenvalue weighted by Crippen LogP contribution is -2.66. The van der Waals surface area contributed by atoms with Gasteiger partial charge < -0.3 is 18.9 Å². The number of nitrogens with zero attached hydrogens (tertiary/aromatic N) is 4. The van der Waals surface area contributed by atoms with E-state index in [2.05, 4.69) is 9.97 Å². The van der Waals surface area contributed by atoms with Gasteiger partial charge in [0.05, 0.1) is 31.6 Å². The molecule has 2 aliphatic heterocycles. The minimum atomic E-state index is -0.174. The van der Waals surface area contributed by atoms with Crippen molar-refractivity contribution in [3.05, 3.63) is 42.1 Å². The van der Waals surface area contributed by atoms with Crippen LogP contribution >= 0.6 is 0 Å². The number of aryl methyl sites for hydroxylation is 2. The van der Waals surface area contributed by atoms with Crippen LogP contribution < -0.4 is 4.74 Å². The van der Waals surface area contributed by atoms with Crippen molar-refractivity contribution < 1.29 is 14.3 Å². The molecule has 4 rings (SSSR count). The smallest absolute Gasteiger partial charge is 0.270 e. The van der Waals surface area contributed by atoms with E-state index in [1.807, 2.05) is 41.8 Å². The predicted molar refractivity (Wildman–Crippen MR) is 99.6 cm³/mol. The van der Waals surface area contributed by atoms with E-state index in [9.17, 15) is 4.79 Å². The molecule has 144 valence electrons. The van der Waals surface area contributed by atoms with Crippen molar-refractivity contribution in [2.24, 2.45) is 13.0 Å². The molecular formula is C20H26N4O3.